The van der Waals surface area contributed by atoms with Crippen LogP contribution in [0.3, 0.4) is 0 Å². The summed E-state index contributed by atoms with van der Waals surface area (Å²) in [5.74, 6) is -0.279. The van der Waals surface area contributed by atoms with Crippen LogP contribution in [0.5, 0.6) is 0 Å². The molecule has 0 aliphatic heterocycles. The first kappa shape index (κ1) is 15.5. The highest BCUT2D eigenvalue weighted by molar-refractivity contribution is 7.92. The second kappa shape index (κ2) is 6.53. The summed E-state index contributed by atoms with van der Waals surface area (Å²) in [6, 6.07) is 5.90. The molecule has 0 aliphatic rings. The average molecular weight is 285 g/mol. The first-order valence-electron chi connectivity index (χ1n) is 5.96. The Labute approximate surface area is 113 Å². The van der Waals surface area contributed by atoms with Gasteiger partial charge in [-0.25, -0.2) is 8.42 Å². The summed E-state index contributed by atoms with van der Waals surface area (Å²) in [7, 11) is -3.33. The van der Waals surface area contributed by atoms with Crippen LogP contribution in [0.2, 0.25) is 0 Å². The topological polar surface area (TPSA) is 101 Å². The SMILES string of the molecule is CCC[C@@H](N)C(=O)Nc1cccc(NS(C)(=O)=O)c1. The Morgan fingerprint density at radius 3 is 2.58 bits per heavy atom. The molecule has 19 heavy (non-hydrogen) atoms. The molecule has 0 saturated heterocycles. The number of amides is 1. The second-order valence-corrected chi connectivity index (χ2v) is 6.09. The summed E-state index contributed by atoms with van der Waals surface area (Å²) >= 11 is 0. The summed E-state index contributed by atoms with van der Waals surface area (Å²) in [4.78, 5) is 11.7. The highest BCUT2D eigenvalue weighted by Crippen LogP contribution is 2.16. The zero-order valence-electron chi connectivity index (χ0n) is 11.0. The minimum absolute atomic E-state index is 0.279. The van der Waals surface area contributed by atoms with Crippen molar-refractivity contribution in [3.05, 3.63) is 24.3 Å². The van der Waals surface area contributed by atoms with Crippen LogP contribution in [0.15, 0.2) is 24.3 Å². The Balaban J connectivity index is 2.75. The van der Waals surface area contributed by atoms with Gasteiger partial charge in [0.1, 0.15) is 0 Å². The van der Waals surface area contributed by atoms with Gasteiger partial charge in [0, 0.05) is 5.69 Å². The van der Waals surface area contributed by atoms with E-state index in [-0.39, 0.29) is 5.91 Å². The van der Waals surface area contributed by atoms with Gasteiger partial charge in [-0.1, -0.05) is 19.4 Å². The van der Waals surface area contributed by atoms with E-state index in [2.05, 4.69) is 10.0 Å². The lowest BCUT2D eigenvalue weighted by Gasteiger charge is -2.12. The molecule has 0 saturated carbocycles. The normalized spacial score (nSPS) is 12.8. The molecule has 1 aromatic rings. The van der Waals surface area contributed by atoms with Crippen molar-refractivity contribution in [2.24, 2.45) is 5.73 Å². The van der Waals surface area contributed by atoms with E-state index in [1.165, 1.54) is 6.07 Å². The number of sulfonamides is 1. The van der Waals surface area contributed by atoms with Crippen LogP contribution in [-0.4, -0.2) is 26.6 Å². The first-order chi connectivity index (χ1) is 8.81. The Morgan fingerprint density at radius 1 is 1.37 bits per heavy atom. The summed E-state index contributed by atoms with van der Waals surface area (Å²) < 4.78 is 24.6. The minimum atomic E-state index is -3.33. The monoisotopic (exact) mass is 285 g/mol. The van der Waals surface area contributed by atoms with Crippen LogP contribution in [0, 0.1) is 0 Å². The summed E-state index contributed by atoms with van der Waals surface area (Å²) in [5, 5.41) is 2.65. The van der Waals surface area contributed by atoms with Gasteiger partial charge in [0.25, 0.3) is 0 Å². The maximum atomic E-state index is 11.7. The predicted octanol–water partition coefficient (Wildman–Crippen LogP) is 1.12. The minimum Gasteiger partial charge on any atom is -0.325 e. The van der Waals surface area contributed by atoms with E-state index in [9.17, 15) is 13.2 Å². The second-order valence-electron chi connectivity index (χ2n) is 4.34. The molecule has 0 fully saturated rings. The van der Waals surface area contributed by atoms with Gasteiger partial charge in [-0.15, -0.1) is 0 Å². The van der Waals surface area contributed by atoms with E-state index in [1.807, 2.05) is 6.92 Å². The number of hydrogen-bond donors (Lipinski definition) is 3. The summed E-state index contributed by atoms with van der Waals surface area (Å²) in [6.45, 7) is 1.95. The van der Waals surface area contributed by atoms with E-state index < -0.39 is 16.1 Å². The molecular formula is C12H19N3O3S. The zero-order chi connectivity index (χ0) is 14.5. The highest BCUT2D eigenvalue weighted by atomic mass is 32.2. The van der Waals surface area contributed by atoms with Crippen molar-refractivity contribution in [1.82, 2.24) is 0 Å². The maximum absolute atomic E-state index is 11.7. The van der Waals surface area contributed by atoms with Gasteiger partial charge in [0.15, 0.2) is 0 Å². The van der Waals surface area contributed by atoms with Crippen LogP contribution < -0.4 is 15.8 Å². The van der Waals surface area contributed by atoms with Crippen molar-refractivity contribution in [3.63, 3.8) is 0 Å². The largest absolute Gasteiger partial charge is 0.325 e. The molecule has 0 bridgehead atoms. The van der Waals surface area contributed by atoms with E-state index >= 15 is 0 Å². The molecule has 0 aliphatic carbocycles. The van der Waals surface area contributed by atoms with Crippen LogP contribution in [-0.2, 0) is 14.8 Å². The number of benzene rings is 1. The van der Waals surface area contributed by atoms with Crippen LogP contribution in [0.25, 0.3) is 0 Å². The van der Waals surface area contributed by atoms with E-state index in [4.69, 9.17) is 5.73 Å². The Bertz CT molecular complexity index is 543. The molecule has 0 heterocycles. The Kier molecular flexibility index (Phi) is 5.31. The molecule has 1 atom stereocenters. The molecule has 1 amide bonds. The average Bonchev–Trinajstić information content (AvgIpc) is 2.27. The van der Waals surface area contributed by atoms with Crippen molar-refractivity contribution >= 4 is 27.3 Å². The fourth-order valence-electron chi connectivity index (χ4n) is 1.55. The number of anilines is 2. The Morgan fingerprint density at radius 2 is 2.00 bits per heavy atom. The van der Waals surface area contributed by atoms with Gasteiger partial charge < -0.3 is 11.1 Å². The summed E-state index contributed by atoms with van der Waals surface area (Å²) in [6.07, 6.45) is 2.49. The fraction of sp³-hybridized carbons (Fsp3) is 0.417. The Hall–Kier alpha value is -1.60. The lowest BCUT2D eigenvalue weighted by Crippen LogP contribution is -2.35. The third-order valence-electron chi connectivity index (χ3n) is 2.37. The zero-order valence-corrected chi connectivity index (χ0v) is 11.8. The molecule has 6 nitrogen and oxygen atoms in total. The van der Waals surface area contributed by atoms with Crippen molar-refractivity contribution in [2.45, 2.75) is 25.8 Å². The highest BCUT2D eigenvalue weighted by Gasteiger charge is 2.12. The third-order valence-corrected chi connectivity index (χ3v) is 2.98. The van der Waals surface area contributed by atoms with E-state index in [0.29, 0.717) is 17.8 Å². The van der Waals surface area contributed by atoms with Crippen LogP contribution >= 0.6 is 0 Å². The number of rotatable bonds is 6. The number of nitrogens with two attached hydrogens (primary N) is 1. The van der Waals surface area contributed by atoms with Crippen molar-refractivity contribution in [1.29, 1.82) is 0 Å². The molecule has 0 radical (unpaired) electrons. The molecule has 106 valence electrons. The van der Waals surface area contributed by atoms with Crippen molar-refractivity contribution in [3.8, 4) is 0 Å². The lowest BCUT2D eigenvalue weighted by molar-refractivity contribution is -0.117. The molecule has 0 spiro atoms. The molecule has 7 heteroatoms. The summed E-state index contributed by atoms with van der Waals surface area (Å²) in [5.41, 5.74) is 6.59. The molecule has 0 unspecified atom stereocenters. The lowest BCUT2D eigenvalue weighted by atomic mass is 10.1. The van der Waals surface area contributed by atoms with E-state index in [0.717, 1.165) is 12.7 Å². The molecule has 4 N–H and O–H groups in total. The van der Waals surface area contributed by atoms with Crippen LogP contribution in [0.1, 0.15) is 19.8 Å². The quantitative estimate of drug-likeness (QED) is 0.729. The maximum Gasteiger partial charge on any atom is 0.241 e. The molecule has 0 aromatic heterocycles. The van der Waals surface area contributed by atoms with Gasteiger partial charge in [-0.3, -0.25) is 9.52 Å². The van der Waals surface area contributed by atoms with Gasteiger partial charge in [-0.2, -0.15) is 0 Å². The fourth-order valence-corrected chi connectivity index (χ4v) is 2.11. The number of carbonyl (C=O) groups excluding carboxylic acids is 1. The standard InChI is InChI=1S/C12H19N3O3S/c1-3-5-11(13)12(16)14-9-6-4-7-10(8-9)15-19(2,17)18/h4,6-8,11,15H,3,5,13H2,1-2H3,(H,14,16)/t11-/m1/s1. The third kappa shape index (κ3) is 5.71. The molecular weight excluding hydrogens is 266 g/mol. The van der Waals surface area contributed by atoms with Crippen molar-refractivity contribution in [2.75, 3.05) is 16.3 Å². The predicted molar refractivity (Wildman–Crippen MR) is 76.4 cm³/mol. The van der Waals surface area contributed by atoms with Gasteiger partial charge >= 0.3 is 0 Å². The van der Waals surface area contributed by atoms with Gasteiger partial charge in [0.2, 0.25) is 15.9 Å². The van der Waals surface area contributed by atoms with Gasteiger partial charge in [-0.05, 0) is 24.6 Å². The number of carbonyl (C=O) groups is 1. The number of hydrogen-bond acceptors (Lipinski definition) is 4. The molecule has 1 aromatic carbocycles. The molecule has 1 rings (SSSR count). The van der Waals surface area contributed by atoms with Gasteiger partial charge in [0.05, 0.1) is 18.0 Å². The first-order valence-corrected chi connectivity index (χ1v) is 7.85. The smallest absolute Gasteiger partial charge is 0.241 e. The van der Waals surface area contributed by atoms with Crippen LogP contribution in [0.4, 0.5) is 11.4 Å². The van der Waals surface area contributed by atoms with E-state index in [1.54, 1.807) is 18.2 Å². The number of nitrogens with one attached hydrogen (secondary N) is 2. The van der Waals surface area contributed by atoms with Crippen molar-refractivity contribution < 1.29 is 13.2 Å².